The lowest BCUT2D eigenvalue weighted by Crippen LogP contribution is -1.96. The lowest BCUT2D eigenvalue weighted by molar-refractivity contribution is -0.460. The van der Waals surface area contributed by atoms with Crippen LogP contribution in [0.25, 0.3) is 0 Å². The summed E-state index contributed by atoms with van der Waals surface area (Å²) in [7, 11) is 0. The van der Waals surface area contributed by atoms with Crippen molar-refractivity contribution in [2.75, 3.05) is 0 Å². The number of carboxylic acid groups (broad SMARTS) is 1. The molecule has 0 fully saturated rings. The Balaban J connectivity index is 2.83. The summed E-state index contributed by atoms with van der Waals surface area (Å²) in [5.41, 5.74) is 0. The van der Waals surface area contributed by atoms with Gasteiger partial charge in [-0.3, -0.25) is 0 Å². The fourth-order valence-electron chi connectivity index (χ4n) is 0.0319. The summed E-state index contributed by atoms with van der Waals surface area (Å²) < 4.78 is 0. The monoisotopic (exact) mass is 94.0 g/mol. The van der Waals surface area contributed by atoms with Gasteiger partial charge < -0.3 is 5.11 Å². The molecule has 0 saturated heterocycles. The van der Waals surface area contributed by atoms with Crippen LogP contribution in [0.1, 0.15) is 0 Å². The summed E-state index contributed by atoms with van der Waals surface area (Å²) in [4.78, 5) is 12.1. The van der Waals surface area contributed by atoms with Gasteiger partial charge in [-0.2, -0.15) is 0 Å². The van der Waals surface area contributed by atoms with Crippen molar-refractivity contribution >= 4 is 6.16 Å². The van der Waals surface area contributed by atoms with Crippen molar-refractivity contribution < 1.29 is 25.1 Å². The fraction of sp³-hybridized carbons (Fsp3) is 0. The average Bonchev–Trinajstić information content (AvgIpc) is 1.35. The summed E-state index contributed by atoms with van der Waals surface area (Å²) in [6, 6.07) is 0. The SMILES string of the molecule is O=C(O)OOO. The number of hydrogen-bond donors (Lipinski definition) is 2. The first kappa shape index (κ1) is 5.19. The van der Waals surface area contributed by atoms with Gasteiger partial charge in [-0.25, -0.2) is 14.9 Å². The lowest BCUT2D eigenvalue weighted by atomic mass is 11.4. The van der Waals surface area contributed by atoms with Gasteiger partial charge in [0.2, 0.25) is 0 Å². The zero-order valence-corrected chi connectivity index (χ0v) is 2.62. The highest BCUT2D eigenvalue weighted by Crippen LogP contribution is 1.69. The number of carbonyl (C=O) groups is 1. The van der Waals surface area contributed by atoms with Crippen molar-refractivity contribution in [3.05, 3.63) is 0 Å². The molecule has 0 aliphatic rings. The van der Waals surface area contributed by atoms with Gasteiger partial charge in [-0.15, -0.1) is 0 Å². The van der Waals surface area contributed by atoms with Crippen molar-refractivity contribution in [1.29, 1.82) is 0 Å². The molecule has 0 aromatic heterocycles. The molecule has 36 valence electrons. The zero-order chi connectivity index (χ0) is 4.99. The highest BCUT2D eigenvalue weighted by Gasteiger charge is 1.90. The van der Waals surface area contributed by atoms with Gasteiger partial charge in [-0.1, -0.05) is 0 Å². The second-order valence-corrected chi connectivity index (χ2v) is 0.424. The molecule has 0 aliphatic carbocycles. The van der Waals surface area contributed by atoms with Crippen LogP contribution >= 0.6 is 0 Å². The quantitative estimate of drug-likeness (QED) is 0.355. The third-order valence-corrected chi connectivity index (χ3v) is 0.109. The van der Waals surface area contributed by atoms with E-state index in [9.17, 15) is 0 Å². The van der Waals surface area contributed by atoms with E-state index >= 15 is 0 Å². The molecule has 0 aliphatic heterocycles. The van der Waals surface area contributed by atoms with E-state index in [1.807, 2.05) is 0 Å². The topological polar surface area (TPSA) is 76.0 Å². The smallest absolute Gasteiger partial charge is 0.448 e. The molecule has 5 heteroatoms. The van der Waals surface area contributed by atoms with E-state index in [1.165, 1.54) is 0 Å². The molecule has 0 rings (SSSR count). The zero-order valence-electron chi connectivity index (χ0n) is 2.62. The molecular formula is CH2O5. The third kappa shape index (κ3) is 3.19. The molecule has 0 aromatic carbocycles. The van der Waals surface area contributed by atoms with Crippen LogP contribution in [-0.4, -0.2) is 16.5 Å². The Hall–Kier alpha value is -0.810. The fourth-order valence-corrected chi connectivity index (χ4v) is 0.0319. The molecule has 0 unspecified atom stereocenters. The van der Waals surface area contributed by atoms with Crippen LogP contribution in [0.5, 0.6) is 0 Å². The predicted octanol–water partition coefficient (Wildman–Crippen LogP) is 0.0856. The molecule has 0 spiro atoms. The van der Waals surface area contributed by atoms with Crippen molar-refractivity contribution in [2.24, 2.45) is 0 Å². The molecule has 0 aromatic rings. The second-order valence-electron chi connectivity index (χ2n) is 0.424. The summed E-state index contributed by atoms with van der Waals surface area (Å²) in [6.45, 7) is 0. The van der Waals surface area contributed by atoms with E-state index in [-0.39, 0.29) is 0 Å². The summed E-state index contributed by atoms with van der Waals surface area (Å²) >= 11 is 0. The van der Waals surface area contributed by atoms with Crippen LogP contribution in [0.4, 0.5) is 4.79 Å². The van der Waals surface area contributed by atoms with Gasteiger partial charge in [0.1, 0.15) is 0 Å². The first-order valence-electron chi connectivity index (χ1n) is 0.981. The van der Waals surface area contributed by atoms with Gasteiger partial charge in [-0.05, 0) is 5.04 Å². The molecule has 0 atom stereocenters. The first-order chi connectivity index (χ1) is 2.77. The highest BCUT2D eigenvalue weighted by atomic mass is 17.5. The minimum Gasteiger partial charge on any atom is -0.448 e. The standard InChI is InChI=1S/CH2O5/c2-1(3)5-6-4/h4H,(H,2,3). The second kappa shape index (κ2) is 2.43. The van der Waals surface area contributed by atoms with Crippen molar-refractivity contribution in [2.45, 2.75) is 0 Å². The minimum absolute atomic E-state index is 1.68. The Morgan fingerprint density at radius 2 is 2.17 bits per heavy atom. The Kier molecular flexibility index (Phi) is 2.10. The van der Waals surface area contributed by atoms with Crippen molar-refractivity contribution in [3.8, 4) is 0 Å². The Morgan fingerprint density at radius 3 is 2.17 bits per heavy atom. The van der Waals surface area contributed by atoms with Crippen LogP contribution in [0, 0.1) is 0 Å². The predicted molar refractivity (Wildman–Crippen MR) is 12.8 cm³/mol. The molecule has 0 amide bonds. The first-order valence-corrected chi connectivity index (χ1v) is 0.981. The maximum absolute atomic E-state index is 9.09. The molecule has 0 saturated carbocycles. The number of hydrogen-bond acceptors (Lipinski definition) is 4. The van der Waals surface area contributed by atoms with E-state index in [0.29, 0.717) is 0 Å². The number of rotatable bonds is 1. The molecular weight excluding hydrogens is 92.0 g/mol. The average molecular weight is 94.0 g/mol. The Bertz CT molecular complexity index is 47.9. The van der Waals surface area contributed by atoms with Gasteiger partial charge in [0.25, 0.3) is 0 Å². The van der Waals surface area contributed by atoms with E-state index in [2.05, 4.69) is 9.93 Å². The van der Waals surface area contributed by atoms with E-state index in [0.717, 1.165) is 0 Å². The van der Waals surface area contributed by atoms with Crippen LogP contribution in [0.3, 0.4) is 0 Å². The lowest BCUT2D eigenvalue weighted by Gasteiger charge is -1.82. The van der Waals surface area contributed by atoms with Gasteiger partial charge in [0.05, 0.1) is 0 Å². The maximum Gasteiger partial charge on any atom is 0.540 e. The Morgan fingerprint density at radius 1 is 1.67 bits per heavy atom. The summed E-state index contributed by atoms with van der Waals surface area (Å²) in [5.74, 6) is 0. The van der Waals surface area contributed by atoms with Crippen LogP contribution < -0.4 is 0 Å². The molecule has 0 heterocycles. The summed E-state index contributed by atoms with van der Waals surface area (Å²) in [5, 5.41) is 17.2. The van der Waals surface area contributed by atoms with Crippen molar-refractivity contribution in [3.63, 3.8) is 0 Å². The van der Waals surface area contributed by atoms with Crippen LogP contribution in [0.2, 0.25) is 0 Å². The van der Waals surface area contributed by atoms with E-state index < -0.39 is 6.16 Å². The molecule has 2 N–H and O–H groups in total. The largest absolute Gasteiger partial charge is 0.540 e. The van der Waals surface area contributed by atoms with Crippen molar-refractivity contribution in [1.82, 2.24) is 0 Å². The Labute approximate surface area is 32.6 Å². The molecule has 0 radical (unpaired) electrons. The molecule has 0 bridgehead atoms. The van der Waals surface area contributed by atoms with E-state index in [4.69, 9.17) is 15.2 Å². The molecule has 6 heavy (non-hydrogen) atoms. The summed E-state index contributed by atoms with van der Waals surface area (Å²) in [6.07, 6.45) is -1.68. The maximum atomic E-state index is 9.09. The van der Waals surface area contributed by atoms with Gasteiger partial charge in [0.15, 0.2) is 0 Å². The normalized spacial score (nSPS) is 7.50. The van der Waals surface area contributed by atoms with Gasteiger partial charge in [0, 0.05) is 0 Å². The molecule has 5 nitrogen and oxygen atoms in total. The van der Waals surface area contributed by atoms with Gasteiger partial charge >= 0.3 is 6.16 Å². The minimum atomic E-state index is -1.68. The van der Waals surface area contributed by atoms with E-state index in [1.54, 1.807) is 0 Å². The third-order valence-electron chi connectivity index (χ3n) is 0.109. The highest BCUT2D eigenvalue weighted by molar-refractivity contribution is 5.55. The van der Waals surface area contributed by atoms with Crippen LogP contribution in [-0.2, 0) is 9.93 Å². The van der Waals surface area contributed by atoms with Crippen LogP contribution in [0.15, 0.2) is 0 Å².